The van der Waals surface area contributed by atoms with E-state index in [9.17, 15) is 4.79 Å². The van der Waals surface area contributed by atoms with Crippen LogP contribution < -0.4 is 5.48 Å². The second-order valence-corrected chi connectivity index (χ2v) is 6.69. The van der Waals surface area contributed by atoms with Crippen molar-refractivity contribution in [1.82, 2.24) is 15.0 Å². The van der Waals surface area contributed by atoms with Crippen molar-refractivity contribution >= 4 is 22.5 Å². The van der Waals surface area contributed by atoms with Gasteiger partial charge in [0.25, 0.3) is 5.91 Å². The van der Waals surface area contributed by atoms with Gasteiger partial charge in [0.05, 0.1) is 0 Å². The lowest BCUT2D eigenvalue weighted by atomic mass is 9.94. The Morgan fingerprint density at radius 2 is 2.04 bits per heavy atom. The molecule has 0 fully saturated rings. The van der Waals surface area contributed by atoms with Gasteiger partial charge in [-0.15, -0.1) is 0 Å². The van der Waals surface area contributed by atoms with Crippen molar-refractivity contribution < 1.29 is 10.0 Å². The molecule has 2 aromatic heterocycles. The van der Waals surface area contributed by atoms with Crippen molar-refractivity contribution in [3.05, 3.63) is 71.6 Å². The van der Waals surface area contributed by atoms with Crippen LogP contribution in [0.2, 0.25) is 0 Å². The third-order valence-electron chi connectivity index (χ3n) is 4.93. The Hall–Kier alpha value is -2.92. The van der Waals surface area contributed by atoms with Crippen LogP contribution in [0.1, 0.15) is 47.2 Å². The number of pyridine rings is 1. The highest BCUT2D eigenvalue weighted by Gasteiger charge is 2.10. The first-order valence-electron chi connectivity index (χ1n) is 8.92. The zero-order valence-corrected chi connectivity index (χ0v) is 14.5. The molecule has 1 aliphatic carbocycles. The highest BCUT2D eigenvalue weighted by molar-refractivity contribution is 5.93. The molecule has 0 spiro atoms. The summed E-state index contributed by atoms with van der Waals surface area (Å²) < 4.78 is 2.11. The van der Waals surface area contributed by atoms with Gasteiger partial charge in [-0.2, -0.15) is 0 Å². The number of hydrogen-bond donors (Lipinski definition) is 2. The van der Waals surface area contributed by atoms with Crippen molar-refractivity contribution in [1.29, 1.82) is 0 Å². The number of fused-ring (bicyclic) bond motifs is 1. The normalized spacial score (nSPS) is 14.3. The van der Waals surface area contributed by atoms with Crippen LogP contribution in [0.15, 0.2) is 54.9 Å². The number of nitrogens with zero attached hydrogens (tertiary/aromatic N) is 2. The number of carbonyl (C=O) groups excluding carboxylic acids is 1. The van der Waals surface area contributed by atoms with Gasteiger partial charge < -0.3 is 4.57 Å². The number of hydroxylamine groups is 1. The van der Waals surface area contributed by atoms with E-state index in [1.54, 1.807) is 17.6 Å². The molecule has 26 heavy (non-hydrogen) atoms. The predicted molar refractivity (Wildman–Crippen MR) is 101 cm³/mol. The van der Waals surface area contributed by atoms with E-state index in [4.69, 9.17) is 10.2 Å². The summed E-state index contributed by atoms with van der Waals surface area (Å²) in [5, 5.41) is 9.83. The quantitative estimate of drug-likeness (QED) is 0.550. The smallest absolute Gasteiger partial charge is 0.274 e. The van der Waals surface area contributed by atoms with Crippen molar-refractivity contribution in [2.24, 2.45) is 0 Å². The van der Waals surface area contributed by atoms with Gasteiger partial charge in [-0.25, -0.2) is 10.5 Å². The summed E-state index contributed by atoms with van der Waals surface area (Å²) in [5.41, 5.74) is 6.74. The molecule has 5 nitrogen and oxygen atoms in total. The molecule has 1 aromatic carbocycles. The van der Waals surface area contributed by atoms with Crippen LogP contribution in [-0.4, -0.2) is 20.7 Å². The Kier molecular flexibility index (Phi) is 4.54. The molecule has 0 bridgehead atoms. The topological polar surface area (TPSA) is 67.2 Å². The molecule has 3 aromatic rings. The first-order valence-corrected chi connectivity index (χ1v) is 8.92. The van der Waals surface area contributed by atoms with Crippen LogP contribution in [0, 0.1) is 0 Å². The first-order chi connectivity index (χ1) is 12.7. The van der Waals surface area contributed by atoms with Crippen LogP contribution in [0.25, 0.3) is 16.6 Å². The van der Waals surface area contributed by atoms with E-state index in [0.29, 0.717) is 12.1 Å². The molecule has 0 saturated carbocycles. The van der Waals surface area contributed by atoms with E-state index in [0.717, 1.165) is 23.0 Å². The molecule has 5 heteroatoms. The average molecular weight is 347 g/mol. The van der Waals surface area contributed by atoms with E-state index in [1.807, 2.05) is 24.5 Å². The lowest BCUT2D eigenvalue weighted by Crippen LogP contribution is -2.18. The Morgan fingerprint density at radius 3 is 2.77 bits per heavy atom. The van der Waals surface area contributed by atoms with Crippen molar-refractivity contribution in [2.45, 2.75) is 32.2 Å². The summed E-state index contributed by atoms with van der Waals surface area (Å²) in [6.45, 7) is 0.680. The lowest BCUT2D eigenvalue weighted by molar-refractivity contribution is 0.0706. The fourth-order valence-corrected chi connectivity index (χ4v) is 3.50. The number of hydrogen-bond acceptors (Lipinski definition) is 3. The van der Waals surface area contributed by atoms with Crippen molar-refractivity contribution in [2.75, 3.05) is 0 Å². The van der Waals surface area contributed by atoms with E-state index >= 15 is 0 Å². The number of nitrogens with one attached hydrogen (secondary N) is 1. The minimum absolute atomic E-state index is 0.428. The van der Waals surface area contributed by atoms with Gasteiger partial charge in [0.15, 0.2) is 0 Å². The largest absolute Gasteiger partial charge is 0.328 e. The van der Waals surface area contributed by atoms with E-state index < -0.39 is 5.91 Å². The Bertz CT molecular complexity index is 971. The van der Waals surface area contributed by atoms with Gasteiger partial charge in [0.2, 0.25) is 0 Å². The number of rotatable bonds is 4. The van der Waals surface area contributed by atoms with E-state index in [-0.39, 0.29) is 0 Å². The molecule has 0 radical (unpaired) electrons. The number of carbonyl (C=O) groups is 1. The maximum absolute atomic E-state index is 11.4. The Balaban J connectivity index is 1.57. The molecule has 132 valence electrons. The molecule has 0 atom stereocenters. The fourth-order valence-electron chi connectivity index (χ4n) is 3.50. The third-order valence-corrected chi connectivity index (χ3v) is 4.93. The summed E-state index contributed by atoms with van der Waals surface area (Å²) in [4.78, 5) is 16.1. The van der Waals surface area contributed by atoms with Gasteiger partial charge in [0.1, 0.15) is 5.65 Å². The summed E-state index contributed by atoms with van der Waals surface area (Å²) in [7, 11) is 0. The highest BCUT2D eigenvalue weighted by atomic mass is 16.5. The Labute approximate surface area is 151 Å². The molecule has 0 saturated heterocycles. The van der Waals surface area contributed by atoms with Crippen LogP contribution >= 0.6 is 0 Å². The van der Waals surface area contributed by atoms with Gasteiger partial charge >= 0.3 is 0 Å². The predicted octanol–water partition coefficient (Wildman–Crippen LogP) is 4.16. The molecule has 4 rings (SSSR count). The molecule has 1 amide bonds. The van der Waals surface area contributed by atoms with Crippen molar-refractivity contribution in [3.63, 3.8) is 0 Å². The number of amides is 1. The molecule has 2 N–H and O–H groups in total. The second kappa shape index (κ2) is 7.14. The van der Waals surface area contributed by atoms with Crippen LogP contribution in [0.5, 0.6) is 0 Å². The first kappa shape index (κ1) is 16.5. The number of allylic oxidation sites excluding steroid dienone is 2. The SMILES string of the molecule is O=C(NO)c1ccc(Cn2ccc3cc(C4=CCCCC4)cnc32)cc1. The van der Waals surface area contributed by atoms with E-state index in [1.165, 1.54) is 30.4 Å². The monoisotopic (exact) mass is 347 g/mol. The zero-order chi connectivity index (χ0) is 17.9. The highest BCUT2D eigenvalue weighted by Crippen LogP contribution is 2.28. The molecule has 0 aliphatic heterocycles. The van der Waals surface area contributed by atoms with Gasteiger partial charge in [-0.05, 0) is 66.6 Å². The summed E-state index contributed by atoms with van der Waals surface area (Å²) in [5.74, 6) is -0.505. The van der Waals surface area contributed by atoms with Crippen LogP contribution in [-0.2, 0) is 6.54 Å². The number of aromatic nitrogens is 2. The van der Waals surface area contributed by atoms with Gasteiger partial charge in [-0.3, -0.25) is 10.0 Å². The standard InChI is InChI=1S/C21H21N3O2/c25-21(23-26)17-8-6-15(7-9-17)14-24-11-10-18-12-19(13-22-20(18)24)16-4-2-1-3-5-16/h4,6-13,26H,1-3,5,14H2,(H,23,25). The van der Waals surface area contributed by atoms with Gasteiger partial charge in [-0.1, -0.05) is 18.2 Å². The van der Waals surface area contributed by atoms with Crippen LogP contribution in [0.3, 0.4) is 0 Å². The minimum Gasteiger partial charge on any atom is -0.328 e. The van der Waals surface area contributed by atoms with E-state index in [2.05, 4.69) is 22.8 Å². The Morgan fingerprint density at radius 1 is 1.19 bits per heavy atom. The molecule has 1 aliphatic rings. The van der Waals surface area contributed by atoms with Crippen molar-refractivity contribution in [3.8, 4) is 0 Å². The minimum atomic E-state index is -0.505. The molecular weight excluding hydrogens is 326 g/mol. The molecular formula is C21H21N3O2. The number of benzene rings is 1. The molecule has 0 unspecified atom stereocenters. The zero-order valence-electron chi connectivity index (χ0n) is 14.5. The molecule has 2 heterocycles. The maximum atomic E-state index is 11.4. The maximum Gasteiger partial charge on any atom is 0.274 e. The summed E-state index contributed by atoms with van der Waals surface area (Å²) in [6.07, 6.45) is 11.2. The second-order valence-electron chi connectivity index (χ2n) is 6.69. The van der Waals surface area contributed by atoms with Gasteiger partial charge in [0, 0.05) is 29.9 Å². The summed E-state index contributed by atoms with van der Waals surface area (Å²) in [6, 6.07) is 11.5. The third kappa shape index (κ3) is 3.26. The summed E-state index contributed by atoms with van der Waals surface area (Å²) >= 11 is 0. The fraction of sp³-hybridized carbons (Fsp3) is 0.238. The lowest BCUT2D eigenvalue weighted by Gasteiger charge is -2.13. The average Bonchev–Trinajstić information content (AvgIpc) is 3.10. The van der Waals surface area contributed by atoms with Crippen LogP contribution in [0.4, 0.5) is 0 Å².